The van der Waals surface area contributed by atoms with Crippen LogP contribution in [0.3, 0.4) is 0 Å². The van der Waals surface area contributed by atoms with Crippen molar-refractivity contribution in [3.05, 3.63) is 0 Å². The number of rotatable bonds is 8. The average Bonchev–Trinajstić information content (AvgIpc) is 3.19. The SMILES string of the molecule is COCCCOC1CCCC(NC2CC2)(C(=O)O)C1. The number of carboxylic acid groups (broad SMARTS) is 1. The molecular weight excluding hydrogens is 246 g/mol. The van der Waals surface area contributed by atoms with Crippen molar-refractivity contribution in [3.8, 4) is 0 Å². The summed E-state index contributed by atoms with van der Waals surface area (Å²) in [5.74, 6) is -0.718. The molecule has 0 aromatic carbocycles. The minimum Gasteiger partial charge on any atom is -0.480 e. The van der Waals surface area contributed by atoms with Crippen molar-refractivity contribution < 1.29 is 19.4 Å². The first-order valence-corrected chi connectivity index (χ1v) is 7.28. The first-order chi connectivity index (χ1) is 9.16. The quantitative estimate of drug-likeness (QED) is 0.656. The van der Waals surface area contributed by atoms with E-state index in [0.29, 0.717) is 25.7 Å². The number of hydrogen-bond donors (Lipinski definition) is 2. The van der Waals surface area contributed by atoms with E-state index in [9.17, 15) is 9.90 Å². The van der Waals surface area contributed by atoms with Gasteiger partial charge in [-0.1, -0.05) is 0 Å². The van der Waals surface area contributed by atoms with Gasteiger partial charge < -0.3 is 14.6 Å². The fourth-order valence-electron chi connectivity index (χ4n) is 2.83. The Morgan fingerprint density at radius 1 is 1.37 bits per heavy atom. The molecule has 0 bridgehead atoms. The van der Waals surface area contributed by atoms with E-state index in [1.807, 2.05) is 0 Å². The van der Waals surface area contributed by atoms with Crippen LogP contribution in [-0.4, -0.2) is 49.1 Å². The van der Waals surface area contributed by atoms with Crippen LogP contribution >= 0.6 is 0 Å². The molecule has 2 aliphatic rings. The lowest BCUT2D eigenvalue weighted by Crippen LogP contribution is -2.57. The summed E-state index contributed by atoms with van der Waals surface area (Å²) in [6, 6.07) is 0.406. The highest BCUT2D eigenvalue weighted by molar-refractivity contribution is 5.79. The summed E-state index contributed by atoms with van der Waals surface area (Å²) in [6.45, 7) is 1.34. The van der Waals surface area contributed by atoms with E-state index in [1.165, 1.54) is 0 Å². The van der Waals surface area contributed by atoms with E-state index >= 15 is 0 Å². The van der Waals surface area contributed by atoms with Gasteiger partial charge in [0.25, 0.3) is 0 Å². The zero-order chi connectivity index (χ0) is 13.7. The lowest BCUT2D eigenvalue weighted by atomic mass is 9.80. The number of carboxylic acids is 1. The van der Waals surface area contributed by atoms with Crippen LogP contribution < -0.4 is 5.32 Å². The molecule has 5 heteroatoms. The second-order valence-electron chi connectivity index (χ2n) is 5.74. The molecule has 19 heavy (non-hydrogen) atoms. The normalized spacial score (nSPS) is 31.3. The van der Waals surface area contributed by atoms with Crippen molar-refractivity contribution in [2.75, 3.05) is 20.3 Å². The van der Waals surface area contributed by atoms with Gasteiger partial charge in [-0.05, 0) is 38.5 Å². The summed E-state index contributed by atoms with van der Waals surface area (Å²) in [4.78, 5) is 11.6. The zero-order valence-corrected chi connectivity index (χ0v) is 11.7. The van der Waals surface area contributed by atoms with Crippen molar-refractivity contribution in [3.63, 3.8) is 0 Å². The summed E-state index contributed by atoms with van der Waals surface area (Å²) in [7, 11) is 1.68. The molecule has 2 aliphatic carbocycles. The number of carbonyl (C=O) groups is 1. The predicted octanol–water partition coefficient (Wildman–Crippen LogP) is 1.56. The van der Waals surface area contributed by atoms with Gasteiger partial charge in [0, 0.05) is 32.8 Å². The summed E-state index contributed by atoms with van der Waals surface area (Å²) in [6.07, 6.45) is 6.33. The van der Waals surface area contributed by atoms with Gasteiger partial charge >= 0.3 is 5.97 Å². The van der Waals surface area contributed by atoms with Gasteiger partial charge in [-0.25, -0.2) is 0 Å². The van der Waals surface area contributed by atoms with Crippen LogP contribution in [0, 0.1) is 0 Å². The van der Waals surface area contributed by atoms with Gasteiger partial charge in [0.05, 0.1) is 6.10 Å². The number of nitrogens with one attached hydrogen (secondary N) is 1. The monoisotopic (exact) mass is 271 g/mol. The third kappa shape index (κ3) is 4.16. The van der Waals surface area contributed by atoms with Crippen LogP contribution in [0.1, 0.15) is 44.9 Å². The van der Waals surface area contributed by atoms with Crippen LogP contribution in [0.4, 0.5) is 0 Å². The smallest absolute Gasteiger partial charge is 0.324 e. The summed E-state index contributed by atoms with van der Waals surface area (Å²) in [5, 5.41) is 12.9. The molecule has 5 nitrogen and oxygen atoms in total. The number of hydrogen-bond acceptors (Lipinski definition) is 4. The van der Waals surface area contributed by atoms with Gasteiger partial charge in [0.1, 0.15) is 5.54 Å². The molecule has 0 amide bonds. The Balaban J connectivity index is 1.84. The summed E-state index contributed by atoms with van der Waals surface area (Å²) in [5.41, 5.74) is -0.759. The number of ether oxygens (including phenoxy) is 2. The zero-order valence-electron chi connectivity index (χ0n) is 11.7. The fourth-order valence-corrected chi connectivity index (χ4v) is 2.83. The van der Waals surface area contributed by atoms with Gasteiger partial charge in [-0.15, -0.1) is 0 Å². The van der Waals surface area contributed by atoms with Crippen LogP contribution in [0.2, 0.25) is 0 Å². The molecule has 0 spiro atoms. The Morgan fingerprint density at radius 2 is 2.16 bits per heavy atom. The van der Waals surface area contributed by atoms with E-state index in [2.05, 4.69) is 5.32 Å². The van der Waals surface area contributed by atoms with E-state index in [0.717, 1.165) is 38.5 Å². The third-order valence-electron chi connectivity index (χ3n) is 4.02. The van der Waals surface area contributed by atoms with E-state index in [1.54, 1.807) is 7.11 Å². The molecule has 0 aromatic heterocycles. The minimum atomic E-state index is -0.759. The Hall–Kier alpha value is -0.650. The maximum atomic E-state index is 11.6. The number of aliphatic carboxylic acids is 1. The topological polar surface area (TPSA) is 67.8 Å². The lowest BCUT2D eigenvalue weighted by Gasteiger charge is -2.38. The molecule has 2 atom stereocenters. The first-order valence-electron chi connectivity index (χ1n) is 7.28. The Kier molecular flexibility index (Phi) is 5.19. The highest BCUT2D eigenvalue weighted by atomic mass is 16.5. The molecule has 0 aliphatic heterocycles. The molecule has 2 N–H and O–H groups in total. The van der Waals surface area contributed by atoms with Crippen LogP contribution in [0.15, 0.2) is 0 Å². The maximum Gasteiger partial charge on any atom is 0.324 e. The molecule has 0 heterocycles. The van der Waals surface area contributed by atoms with E-state index < -0.39 is 11.5 Å². The third-order valence-corrected chi connectivity index (χ3v) is 4.02. The van der Waals surface area contributed by atoms with Crippen molar-refractivity contribution in [2.24, 2.45) is 0 Å². The fraction of sp³-hybridized carbons (Fsp3) is 0.929. The van der Waals surface area contributed by atoms with Crippen molar-refractivity contribution in [1.82, 2.24) is 5.32 Å². The van der Waals surface area contributed by atoms with Crippen LogP contribution in [0.5, 0.6) is 0 Å². The van der Waals surface area contributed by atoms with Crippen LogP contribution in [0.25, 0.3) is 0 Å². The molecule has 2 unspecified atom stereocenters. The minimum absolute atomic E-state index is 0.0629. The second-order valence-corrected chi connectivity index (χ2v) is 5.74. The summed E-state index contributed by atoms with van der Waals surface area (Å²) < 4.78 is 10.8. The molecule has 0 radical (unpaired) electrons. The molecule has 2 rings (SSSR count). The highest BCUT2D eigenvalue weighted by Gasteiger charge is 2.46. The van der Waals surface area contributed by atoms with Crippen molar-refractivity contribution >= 4 is 5.97 Å². The molecule has 110 valence electrons. The molecular formula is C14H25NO4. The Bertz CT molecular complexity index is 306. The number of methoxy groups -OCH3 is 1. The molecule has 0 aromatic rings. The van der Waals surface area contributed by atoms with E-state index in [4.69, 9.17) is 9.47 Å². The Labute approximate surface area is 114 Å². The Morgan fingerprint density at radius 3 is 2.79 bits per heavy atom. The maximum absolute atomic E-state index is 11.6. The summed E-state index contributed by atoms with van der Waals surface area (Å²) >= 11 is 0. The second kappa shape index (κ2) is 6.68. The highest BCUT2D eigenvalue weighted by Crippen LogP contribution is 2.34. The average molecular weight is 271 g/mol. The molecule has 2 fully saturated rings. The lowest BCUT2D eigenvalue weighted by molar-refractivity contribution is -0.149. The van der Waals surface area contributed by atoms with Gasteiger partial charge in [0.15, 0.2) is 0 Å². The van der Waals surface area contributed by atoms with Crippen LogP contribution in [-0.2, 0) is 14.3 Å². The largest absolute Gasteiger partial charge is 0.480 e. The van der Waals surface area contributed by atoms with Crippen molar-refractivity contribution in [2.45, 2.75) is 62.6 Å². The van der Waals surface area contributed by atoms with Gasteiger partial charge in [0.2, 0.25) is 0 Å². The van der Waals surface area contributed by atoms with Crippen molar-refractivity contribution in [1.29, 1.82) is 0 Å². The molecule has 0 saturated heterocycles. The standard InChI is InChI=1S/C14H25NO4/c1-18-8-3-9-19-12-4-2-7-14(10-12,13(16)17)15-11-5-6-11/h11-12,15H,2-10H2,1H3,(H,16,17). The van der Waals surface area contributed by atoms with Gasteiger partial charge in [-0.2, -0.15) is 0 Å². The molecule has 2 saturated carbocycles. The van der Waals surface area contributed by atoms with E-state index in [-0.39, 0.29) is 6.10 Å². The predicted molar refractivity (Wildman–Crippen MR) is 71.2 cm³/mol. The van der Waals surface area contributed by atoms with Gasteiger partial charge in [-0.3, -0.25) is 10.1 Å². The first kappa shape index (κ1) is 14.8.